The lowest BCUT2D eigenvalue weighted by atomic mass is 10.0. The molecule has 1 aliphatic carbocycles. The molecule has 0 unspecified atom stereocenters. The number of benzene rings is 1. The molecule has 3 aromatic rings. The Labute approximate surface area is 199 Å². The van der Waals surface area contributed by atoms with Gasteiger partial charge >= 0.3 is 0 Å². The molecule has 0 amide bonds. The fourth-order valence-electron chi connectivity index (χ4n) is 4.06. The van der Waals surface area contributed by atoms with Gasteiger partial charge in [-0.3, -0.25) is 0 Å². The number of nitrogens with zero attached hydrogens (tertiary/aromatic N) is 3. The van der Waals surface area contributed by atoms with E-state index in [0.717, 1.165) is 66.0 Å². The van der Waals surface area contributed by atoms with Crippen molar-refractivity contribution in [3.8, 4) is 11.3 Å². The molecule has 5 rings (SSSR count). The molecule has 162 valence electrons. The van der Waals surface area contributed by atoms with Gasteiger partial charge in [0.2, 0.25) is 0 Å². The van der Waals surface area contributed by atoms with Crippen LogP contribution in [0.1, 0.15) is 42.9 Å². The average molecular weight is 523 g/mol. The Morgan fingerprint density at radius 1 is 1.06 bits per heavy atom. The van der Waals surface area contributed by atoms with Crippen LogP contribution in [0.3, 0.4) is 0 Å². The summed E-state index contributed by atoms with van der Waals surface area (Å²) in [7, 11) is 0. The van der Waals surface area contributed by atoms with E-state index >= 15 is 0 Å². The summed E-state index contributed by atoms with van der Waals surface area (Å²) in [5.74, 6) is 2.35. The molecular formula is C23H22BrCl2N3O2. The van der Waals surface area contributed by atoms with E-state index in [9.17, 15) is 0 Å². The molecule has 0 spiro atoms. The van der Waals surface area contributed by atoms with E-state index < -0.39 is 0 Å². The van der Waals surface area contributed by atoms with Crippen LogP contribution in [0.25, 0.3) is 11.3 Å². The molecule has 1 saturated carbocycles. The molecule has 5 nitrogen and oxygen atoms in total. The number of aromatic nitrogens is 2. The minimum atomic E-state index is 0.184. The van der Waals surface area contributed by atoms with Crippen molar-refractivity contribution in [2.24, 2.45) is 0 Å². The highest BCUT2D eigenvalue weighted by atomic mass is 79.9. The molecule has 1 aromatic carbocycles. The second-order valence-electron chi connectivity index (χ2n) is 8.08. The zero-order valence-corrected chi connectivity index (χ0v) is 20.0. The molecule has 0 radical (unpaired) electrons. The van der Waals surface area contributed by atoms with E-state index in [1.807, 2.05) is 36.5 Å². The smallest absolute Gasteiger partial charge is 0.145 e. The van der Waals surface area contributed by atoms with E-state index in [0.29, 0.717) is 28.3 Å². The maximum atomic E-state index is 6.45. The van der Waals surface area contributed by atoms with Crippen molar-refractivity contribution in [3.63, 3.8) is 0 Å². The van der Waals surface area contributed by atoms with Crippen molar-refractivity contribution in [1.82, 2.24) is 10.1 Å². The van der Waals surface area contributed by atoms with Crippen molar-refractivity contribution < 1.29 is 9.26 Å². The lowest BCUT2D eigenvalue weighted by molar-refractivity contribution is 0.0245. The number of pyridine rings is 1. The summed E-state index contributed by atoms with van der Waals surface area (Å²) in [6, 6.07) is 9.55. The fourth-order valence-corrected chi connectivity index (χ4v) is 4.87. The van der Waals surface area contributed by atoms with Gasteiger partial charge < -0.3 is 14.2 Å². The van der Waals surface area contributed by atoms with Crippen LogP contribution in [0.4, 0.5) is 5.82 Å². The summed E-state index contributed by atoms with van der Waals surface area (Å²) < 4.78 is 13.1. The fraction of sp³-hybridized carbons (Fsp3) is 0.391. The lowest BCUT2D eigenvalue weighted by Crippen LogP contribution is -2.37. The standard InChI is InChI=1S/C23H22BrCl2N3O2/c24-15-6-7-20(27-12-15)29-10-8-16(9-11-29)30-13-17-22(28-31-23(17)14-4-5-14)21-18(25)2-1-3-19(21)26/h1-3,6-7,12,14,16H,4-5,8-11,13H2. The van der Waals surface area contributed by atoms with Gasteiger partial charge in [-0.1, -0.05) is 34.4 Å². The molecule has 2 aliphatic rings. The first-order chi connectivity index (χ1) is 15.1. The second-order valence-corrected chi connectivity index (χ2v) is 9.81. The van der Waals surface area contributed by atoms with Crippen LogP contribution >= 0.6 is 39.1 Å². The summed E-state index contributed by atoms with van der Waals surface area (Å²) in [5, 5.41) is 5.49. The Hall–Kier alpha value is -1.60. The third-order valence-electron chi connectivity index (χ3n) is 5.91. The van der Waals surface area contributed by atoms with Crippen LogP contribution in [-0.4, -0.2) is 29.3 Å². The number of hydrogen-bond donors (Lipinski definition) is 0. The largest absolute Gasteiger partial charge is 0.373 e. The van der Waals surface area contributed by atoms with E-state index in [2.05, 4.69) is 31.0 Å². The van der Waals surface area contributed by atoms with E-state index in [-0.39, 0.29) is 6.10 Å². The first-order valence-electron chi connectivity index (χ1n) is 10.5. The highest BCUT2D eigenvalue weighted by molar-refractivity contribution is 9.10. The van der Waals surface area contributed by atoms with Crippen LogP contribution in [0, 0.1) is 0 Å². The molecular weight excluding hydrogens is 501 g/mol. The first kappa shape index (κ1) is 21.3. The lowest BCUT2D eigenvalue weighted by Gasteiger charge is -2.32. The number of rotatable bonds is 6. The molecule has 0 bridgehead atoms. The van der Waals surface area contributed by atoms with Crippen molar-refractivity contribution >= 4 is 44.9 Å². The van der Waals surface area contributed by atoms with Gasteiger partial charge in [0.05, 0.1) is 22.8 Å². The van der Waals surface area contributed by atoms with Gasteiger partial charge in [0.15, 0.2) is 0 Å². The zero-order chi connectivity index (χ0) is 21.4. The Bertz CT molecular complexity index is 1040. The van der Waals surface area contributed by atoms with Crippen molar-refractivity contribution in [3.05, 3.63) is 62.4 Å². The van der Waals surface area contributed by atoms with Gasteiger partial charge in [0, 0.05) is 40.8 Å². The quantitative estimate of drug-likeness (QED) is 0.353. The summed E-state index contributed by atoms with van der Waals surface area (Å²) in [6.45, 7) is 2.29. The van der Waals surface area contributed by atoms with E-state index in [1.54, 1.807) is 0 Å². The average Bonchev–Trinajstić information content (AvgIpc) is 3.54. The summed E-state index contributed by atoms with van der Waals surface area (Å²) in [6.07, 6.45) is 6.16. The molecule has 1 aliphatic heterocycles. The number of anilines is 1. The highest BCUT2D eigenvalue weighted by Gasteiger charge is 2.34. The number of halogens is 3. The minimum absolute atomic E-state index is 0.184. The van der Waals surface area contributed by atoms with Crippen LogP contribution in [-0.2, 0) is 11.3 Å². The maximum Gasteiger partial charge on any atom is 0.145 e. The van der Waals surface area contributed by atoms with Crippen molar-refractivity contribution in [1.29, 1.82) is 0 Å². The monoisotopic (exact) mass is 521 g/mol. The van der Waals surface area contributed by atoms with Gasteiger partial charge in [-0.15, -0.1) is 0 Å². The first-order valence-corrected chi connectivity index (χ1v) is 12.1. The van der Waals surface area contributed by atoms with Crippen LogP contribution in [0.15, 0.2) is 45.5 Å². The number of hydrogen-bond acceptors (Lipinski definition) is 5. The van der Waals surface area contributed by atoms with Gasteiger partial charge in [-0.2, -0.15) is 0 Å². The molecule has 1 saturated heterocycles. The predicted octanol–water partition coefficient (Wildman–Crippen LogP) is 6.87. The van der Waals surface area contributed by atoms with Crippen LogP contribution in [0.2, 0.25) is 10.0 Å². The minimum Gasteiger partial charge on any atom is -0.373 e. The Morgan fingerprint density at radius 3 is 2.45 bits per heavy atom. The number of piperidine rings is 1. The van der Waals surface area contributed by atoms with Gasteiger partial charge in [-0.05, 0) is 65.9 Å². The Kier molecular flexibility index (Phi) is 6.24. The summed E-state index contributed by atoms with van der Waals surface area (Å²) in [5.41, 5.74) is 2.40. The zero-order valence-electron chi connectivity index (χ0n) is 16.9. The molecule has 8 heteroatoms. The normalized spacial score (nSPS) is 17.3. The van der Waals surface area contributed by atoms with Gasteiger partial charge in [-0.25, -0.2) is 4.98 Å². The van der Waals surface area contributed by atoms with Crippen LogP contribution in [0.5, 0.6) is 0 Å². The van der Waals surface area contributed by atoms with E-state index in [4.69, 9.17) is 32.5 Å². The number of ether oxygens (including phenoxy) is 1. The predicted molar refractivity (Wildman–Crippen MR) is 126 cm³/mol. The summed E-state index contributed by atoms with van der Waals surface area (Å²) >= 11 is 16.3. The SMILES string of the molecule is Clc1cccc(Cl)c1-c1noc(C2CC2)c1COC1CCN(c2ccc(Br)cn2)CC1. The molecule has 3 heterocycles. The van der Waals surface area contributed by atoms with Gasteiger partial charge in [0.1, 0.15) is 17.3 Å². The van der Waals surface area contributed by atoms with E-state index in [1.165, 1.54) is 0 Å². The summed E-state index contributed by atoms with van der Waals surface area (Å²) in [4.78, 5) is 6.81. The third kappa shape index (κ3) is 4.63. The molecule has 31 heavy (non-hydrogen) atoms. The molecule has 0 N–H and O–H groups in total. The third-order valence-corrected chi connectivity index (χ3v) is 7.01. The second kappa shape index (κ2) is 9.10. The Morgan fingerprint density at radius 2 is 1.81 bits per heavy atom. The maximum absolute atomic E-state index is 6.45. The molecule has 2 fully saturated rings. The van der Waals surface area contributed by atoms with Gasteiger partial charge in [0.25, 0.3) is 0 Å². The topological polar surface area (TPSA) is 51.4 Å². The highest BCUT2D eigenvalue weighted by Crippen LogP contribution is 2.46. The van der Waals surface area contributed by atoms with Crippen LogP contribution < -0.4 is 4.90 Å². The molecule has 2 aromatic heterocycles. The van der Waals surface area contributed by atoms with Crippen molar-refractivity contribution in [2.75, 3.05) is 18.0 Å². The Balaban J connectivity index is 1.29. The van der Waals surface area contributed by atoms with Crippen molar-refractivity contribution in [2.45, 2.75) is 44.3 Å². The molecule has 0 atom stereocenters.